The van der Waals surface area contributed by atoms with Gasteiger partial charge in [0.2, 0.25) is 0 Å². The topological polar surface area (TPSA) is 15.3 Å². The predicted molar refractivity (Wildman–Crippen MR) is 154 cm³/mol. The van der Waals surface area contributed by atoms with Crippen LogP contribution in [0, 0.1) is 0 Å². The summed E-state index contributed by atoms with van der Waals surface area (Å²) in [5.74, 6) is 0. The van der Waals surface area contributed by atoms with Gasteiger partial charge in [0.05, 0.1) is 5.69 Å². The van der Waals surface area contributed by atoms with Gasteiger partial charge >= 0.3 is 0 Å². The van der Waals surface area contributed by atoms with Gasteiger partial charge in [0.25, 0.3) is 0 Å². The Bertz CT molecular complexity index is 1590. The van der Waals surface area contributed by atoms with Gasteiger partial charge in [0.1, 0.15) is 0 Å². The molecule has 0 radical (unpaired) electrons. The molecule has 0 fully saturated rings. The zero-order chi connectivity index (χ0) is 24.2. The van der Waals surface area contributed by atoms with E-state index in [9.17, 15) is 0 Å². The number of nitrogens with one attached hydrogen (secondary N) is 1. The van der Waals surface area contributed by atoms with Crippen molar-refractivity contribution in [2.24, 2.45) is 0 Å². The highest BCUT2D eigenvalue weighted by molar-refractivity contribution is 6.06. The number of benzene rings is 6. The molecule has 36 heavy (non-hydrogen) atoms. The Kier molecular flexibility index (Phi) is 5.91. The third-order valence-electron chi connectivity index (χ3n) is 6.41. The van der Waals surface area contributed by atoms with E-state index in [0.717, 1.165) is 28.4 Å². The van der Waals surface area contributed by atoms with E-state index in [1.807, 2.05) is 18.2 Å². The zero-order valence-corrected chi connectivity index (χ0v) is 19.9. The average molecular weight is 463 g/mol. The third kappa shape index (κ3) is 4.33. The largest absolute Gasteiger partial charge is 0.355 e. The summed E-state index contributed by atoms with van der Waals surface area (Å²) >= 11 is 0. The van der Waals surface area contributed by atoms with Gasteiger partial charge in [-0.05, 0) is 65.0 Å². The molecule has 6 aromatic carbocycles. The Morgan fingerprint density at radius 2 is 1.00 bits per heavy atom. The highest BCUT2D eigenvalue weighted by Gasteiger charge is 2.17. The van der Waals surface area contributed by atoms with E-state index in [0.29, 0.717) is 0 Å². The SMILES string of the molecule is c1ccc(Nc2cccc(N(c3ccccc3)c3ccc(-c4ccccc4)c4ccccc34)c2)cc1. The molecule has 2 nitrogen and oxygen atoms in total. The van der Waals surface area contributed by atoms with Crippen molar-refractivity contribution in [3.8, 4) is 11.1 Å². The fraction of sp³-hybridized carbons (Fsp3) is 0. The molecule has 2 heteroatoms. The second-order valence-electron chi connectivity index (χ2n) is 8.76. The van der Waals surface area contributed by atoms with Gasteiger partial charge in [-0.1, -0.05) is 103 Å². The van der Waals surface area contributed by atoms with Crippen LogP contribution in [0.15, 0.2) is 152 Å². The summed E-state index contributed by atoms with van der Waals surface area (Å²) in [5, 5.41) is 5.99. The predicted octanol–water partition coefficient (Wildman–Crippen LogP) is 9.72. The Hall–Kier alpha value is -4.82. The lowest BCUT2D eigenvalue weighted by Crippen LogP contribution is -2.10. The van der Waals surface area contributed by atoms with Crippen molar-refractivity contribution in [1.29, 1.82) is 0 Å². The van der Waals surface area contributed by atoms with Crippen molar-refractivity contribution in [2.45, 2.75) is 0 Å². The van der Waals surface area contributed by atoms with Gasteiger partial charge in [0.15, 0.2) is 0 Å². The van der Waals surface area contributed by atoms with Crippen LogP contribution in [-0.4, -0.2) is 0 Å². The van der Waals surface area contributed by atoms with Crippen molar-refractivity contribution < 1.29 is 0 Å². The van der Waals surface area contributed by atoms with Crippen LogP contribution >= 0.6 is 0 Å². The van der Waals surface area contributed by atoms with Crippen LogP contribution in [-0.2, 0) is 0 Å². The summed E-state index contributed by atoms with van der Waals surface area (Å²) in [7, 11) is 0. The minimum atomic E-state index is 1.05. The number of anilines is 5. The maximum Gasteiger partial charge on any atom is 0.0540 e. The molecular formula is C34H26N2. The molecule has 1 N–H and O–H groups in total. The molecule has 6 aromatic rings. The van der Waals surface area contributed by atoms with Crippen molar-refractivity contribution in [3.05, 3.63) is 152 Å². The van der Waals surface area contributed by atoms with E-state index in [1.165, 1.54) is 21.9 Å². The number of hydrogen-bond acceptors (Lipinski definition) is 2. The van der Waals surface area contributed by atoms with Crippen LogP contribution in [0.2, 0.25) is 0 Å². The maximum atomic E-state index is 3.54. The summed E-state index contributed by atoms with van der Waals surface area (Å²) < 4.78 is 0. The standard InChI is InChI=1S/C34H26N2/c1-4-13-26(14-5-1)31-23-24-34(33-22-11-10-21-32(31)33)36(29-18-8-3-9-19-29)30-20-12-17-28(25-30)35-27-15-6-2-7-16-27/h1-25,35H. The van der Waals surface area contributed by atoms with Crippen LogP contribution in [0.5, 0.6) is 0 Å². The first kappa shape index (κ1) is 21.7. The molecule has 0 aliphatic carbocycles. The highest BCUT2D eigenvalue weighted by atomic mass is 15.1. The zero-order valence-electron chi connectivity index (χ0n) is 19.9. The van der Waals surface area contributed by atoms with E-state index in [-0.39, 0.29) is 0 Å². The van der Waals surface area contributed by atoms with Crippen LogP contribution in [0.4, 0.5) is 28.4 Å². The van der Waals surface area contributed by atoms with Gasteiger partial charge in [-0.15, -0.1) is 0 Å². The molecule has 0 bridgehead atoms. The first-order chi connectivity index (χ1) is 17.9. The minimum Gasteiger partial charge on any atom is -0.355 e. The van der Waals surface area contributed by atoms with E-state index >= 15 is 0 Å². The smallest absolute Gasteiger partial charge is 0.0540 e. The lowest BCUT2D eigenvalue weighted by Gasteiger charge is -2.28. The van der Waals surface area contributed by atoms with Gasteiger partial charge in [-0.2, -0.15) is 0 Å². The number of nitrogens with zero attached hydrogens (tertiary/aromatic N) is 1. The highest BCUT2D eigenvalue weighted by Crippen LogP contribution is 2.42. The third-order valence-corrected chi connectivity index (χ3v) is 6.41. The van der Waals surface area contributed by atoms with E-state index in [4.69, 9.17) is 0 Å². The van der Waals surface area contributed by atoms with E-state index in [1.54, 1.807) is 0 Å². The molecule has 0 spiro atoms. The Balaban J connectivity index is 1.51. The van der Waals surface area contributed by atoms with E-state index < -0.39 is 0 Å². The Morgan fingerprint density at radius 1 is 0.417 bits per heavy atom. The number of fused-ring (bicyclic) bond motifs is 1. The fourth-order valence-electron chi connectivity index (χ4n) is 4.76. The monoisotopic (exact) mass is 462 g/mol. The lowest BCUT2D eigenvalue weighted by atomic mass is 9.96. The molecule has 172 valence electrons. The van der Waals surface area contributed by atoms with E-state index in [2.05, 4.69) is 144 Å². The Morgan fingerprint density at radius 3 is 1.75 bits per heavy atom. The summed E-state index contributed by atoms with van der Waals surface area (Å²) in [6.45, 7) is 0. The molecule has 0 saturated heterocycles. The normalized spacial score (nSPS) is 10.8. The number of hydrogen-bond donors (Lipinski definition) is 1. The molecule has 0 heterocycles. The summed E-state index contributed by atoms with van der Waals surface area (Å²) in [4.78, 5) is 2.34. The van der Waals surface area contributed by atoms with Crippen LogP contribution in [0.3, 0.4) is 0 Å². The molecular weight excluding hydrogens is 436 g/mol. The molecule has 0 atom stereocenters. The molecule has 0 saturated carbocycles. The number of para-hydroxylation sites is 2. The van der Waals surface area contributed by atoms with Crippen LogP contribution in [0.1, 0.15) is 0 Å². The van der Waals surface area contributed by atoms with Gasteiger partial charge < -0.3 is 10.2 Å². The first-order valence-corrected chi connectivity index (χ1v) is 12.2. The Labute approximate surface area is 212 Å². The van der Waals surface area contributed by atoms with Gasteiger partial charge in [-0.3, -0.25) is 0 Å². The summed E-state index contributed by atoms with van der Waals surface area (Å²) in [6, 6.07) is 53.2. The first-order valence-electron chi connectivity index (χ1n) is 12.2. The number of rotatable bonds is 6. The van der Waals surface area contributed by atoms with Crippen LogP contribution in [0.25, 0.3) is 21.9 Å². The van der Waals surface area contributed by atoms with Crippen molar-refractivity contribution in [2.75, 3.05) is 10.2 Å². The van der Waals surface area contributed by atoms with Gasteiger partial charge in [0, 0.05) is 28.1 Å². The minimum absolute atomic E-state index is 1.05. The van der Waals surface area contributed by atoms with Crippen molar-refractivity contribution >= 4 is 39.2 Å². The second kappa shape index (κ2) is 9.81. The van der Waals surface area contributed by atoms with Crippen LogP contribution < -0.4 is 10.2 Å². The van der Waals surface area contributed by atoms with Gasteiger partial charge in [-0.25, -0.2) is 0 Å². The van der Waals surface area contributed by atoms with Crippen molar-refractivity contribution in [3.63, 3.8) is 0 Å². The molecule has 0 aromatic heterocycles. The molecule has 0 aliphatic heterocycles. The maximum absolute atomic E-state index is 3.54. The summed E-state index contributed by atoms with van der Waals surface area (Å²) in [5.41, 5.74) is 7.94. The molecule has 0 amide bonds. The molecule has 0 unspecified atom stereocenters. The summed E-state index contributed by atoms with van der Waals surface area (Å²) in [6.07, 6.45) is 0. The van der Waals surface area contributed by atoms with Crippen molar-refractivity contribution in [1.82, 2.24) is 0 Å². The lowest BCUT2D eigenvalue weighted by molar-refractivity contribution is 1.30. The average Bonchev–Trinajstić information content (AvgIpc) is 2.95. The molecule has 0 aliphatic rings. The quantitative estimate of drug-likeness (QED) is 0.265. The second-order valence-corrected chi connectivity index (χ2v) is 8.76. The molecule has 6 rings (SSSR count). The fourth-order valence-corrected chi connectivity index (χ4v) is 4.76.